The number of amides is 2. The van der Waals surface area contributed by atoms with Gasteiger partial charge in [0.15, 0.2) is 5.13 Å². The quantitative estimate of drug-likeness (QED) is 0.768. The number of nitrogens with one attached hydrogen (secondary N) is 1. The Labute approximate surface area is 154 Å². The van der Waals surface area contributed by atoms with Gasteiger partial charge in [0, 0.05) is 24.7 Å². The van der Waals surface area contributed by atoms with E-state index in [-0.39, 0.29) is 18.2 Å². The number of carbonyl (C=O) groups is 2. The normalized spacial score (nSPS) is 16.9. The third-order valence-electron chi connectivity index (χ3n) is 4.38. The van der Waals surface area contributed by atoms with E-state index in [1.807, 2.05) is 42.5 Å². The van der Waals surface area contributed by atoms with Crippen LogP contribution in [0.15, 0.2) is 48.5 Å². The molecule has 2 heterocycles. The molecule has 3 aromatic rings. The van der Waals surface area contributed by atoms with Gasteiger partial charge >= 0.3 is 0 Å². The SMILES string of the molecule is COc1cccc(N2C[C@@H](C(=O)Nc3nc4ccccc4s3)CC2=O)c1. The molecule has 4 rings (SSSR count). The van der Waals surface area contributed by atoms with Gasteiger partial charge in [0.1, 0.15) is 5.75 Å². The lowest BCUT2D eigenvalue weighted by Crippen LogP contribution is -2.28. The van der Waals surface area contributed by atoms with Crippen LogP contribution in [0.25, 0.3) is 10.2 Å². The maximum atomic E-state index is 12.6. The molecule has 0 aliphatic carbocycles. The van der Waals surface area contributed by atoms with E-state index >= 15 is 0 Å². The molecule has 1 N–H and O–H groups in total. The van der Waals surface area contributed by atoms with Crippen LogP contribution in [0.4, 0.5) is 10.8 Å². The molecule has 1 aromatic heterocycles. The average Bonchev–Trinajstić information content (AvgIpc) is 3.24. The number of benzene rings is 2. The number of hydrogen-bond donors (Lipinski definition) is 1. The van der Waals surface area contributed by atoms with Crippen molar-refractivity contribution >= 4 is 44.2 Å². The number of anilines is 2. The van der Waals surface area contributed by atoms with Gasteiger partial charge in [-0.25, -0.2) is 4.98 Å². The molecule has 132 valence electrons. The molecule has 1 aliphatic heterocycles. The Balaban J connectivity index is 1.48. The van der Waals surface area contributed by atoms with Gasteiger partial charge < -0.3 is 15.0 Å². The smallest absolute Gasteiger partial charge is 0.231 e. The molecule has 1 fully saturated rings. The van der Waals surface area contributed by atoms with Crippen LogP contribution in [-0.2, 0) is 9.59 Å². The Morgan fingerprint density at radius 3 is 2.92 bits per heavy atom. The van der Waals surface area contributed by atoms with Crippen molar-refractivity contribution in [3.63, 3.8) is 0 Å². The first-order chi connectivity index (χ1) is 12.6. The van der Waals surface area contributed by atoms with Crippen molar-refractivity contribution in [2.45, 2.75) is 6.42 Å². The predicted octanol–water partition coefficient (Wildman–Crippen LogP) is 3.30. The minimum atomic E-state index is -0.402. The number of rotatable bonds is 4. The van der Waals surface area contributed by atoms with E-state index < -0.39 is 5.92 Å². The van der Waals surface area contributed by atoms with Crippen molar-refractivity contribution in [3.05, 3.63) is 48.5 Å². The molecule has 6 nitrogen and oxygen atoms in total. The number of ether oxygens (including phenoxy) is 1. The highest BCUT2D eigenvalue weighted by Gasteiger charge is 2.35. The van der Waals surface area contributed by atoms with E-state index in [9.17, 15) is 9.59 Å². The molecule has 0 spiro atoms. The van der Waals surface area contributed by atoms with Crippen LogP contribution in [0, 0.1) is 5.92 Å². The molecule has 0 bridgehead atoms. The maximum absolute atomic E-state index is 12.6. The Bertz CT molecular complexity index is 952. The van der Waals surface area contributed by atoms with Crippen molar-refractivity contribution in [1.82, 2.24) is 4.98 Å². The summed E-state index contributed by atoms with van der Waals surface area (Å²) < 4.78 is 6.22. The molecule has 2 amide bonds. The van der Waals surface area contributed by atoms with Gasteiger partial charge in [-0.15, -0.1) is 0 Å². The number of nitrogens with zero attached hydrogens (tertiary/aromatic N) is 2. The highest BCUT2D eigenvalue weighted by molar-refractivity contribution is 7.22. The fourth-order valence-electron chi connectivity index (χ4n) is 3.04. The van der Waals surface area contributed by atoms with Gasteiger partial charge in [-0.3, -0.25) is 9.59 Å². The number of thiazole rings is 1. The molecule has 2 aromatic carbocycles. The lowest BCUT2D eigenvalue weighted by molar-refractivity contribution is -0.122. The Kier molecular flexibility index (Phi) is 4.30. The first-order valence-corrected chi connectivity index (χ1v) is 9.06. The molecule has 0 unspecified atom stereocenters. The van der Waals surface area contributed by atoms with Crippen LogP contribution in [0.5, 0.6) is 5.75 Å². The highest BCUT2D eigenvalue weighted by atomic mass is 32.1. The van der Waals surface area contributed by atoms with Gasteiger partial charge in [0.05, 0.1) is 23.2 Å². The van der Waals surface area contributed by atoms with Crippen molar-refractivity contribution in [1.29, 1.82) is 0 Å². The van der Waals surface area contributed by atoms with Crippen LogP contribution in [0.3, 0.4) is 0 Å². The van der Waals surface area contributed by atoms with E-state index in [0.717, 1.165) is 15.9 Å². The molecule has 0 radical (unpaired) electrons. The summed E-state index contributed by atoms with van der Waals surface area (Å²) in [5, 5.41) is 3.41. The van der Waals surface area contributed by atoms with Crippen LogP contribution in [0.1, 0.15) is 6.42 Å². The number of fused-ring (bicyclic) bond motifs is 1. The van der Waals surface area contributed by atoms with Crippen LogP contribution in [0.2, 0.25) is 0 Å². The van der Waals surface area contributed by atoms with E-state index in [4.69, 9.17) is 4.74 Å². The molecule has 1 atom stereocenters. The predicted molar refractivity (Wildman–Crippen MR) is 102 cm³/mol. The van der Waals surface area contributed by atoms with Crippen LogP contribution in [-0.4, -0.2) is 30.5 Å². The van der Waals surface area contributed by atoms with E-state index in [1.165, 1.54) is 11.3 Å². The number of hydrogen-bond acceptors (Lipinski definition) is 5. The van der Waals surface area contributed by atoms with Gasteiger partial charge in [-0.2, -0.15) is 0 Å². The zero-order valence-corrected chi connectivity index (χ0v) is 15.0. The largest absolute Gasteiger partial charge is 0.497 e. The summed E-state index contributed by atoms with van der Waals surface area (Å²) in [6.45, 7) is 0.350. The number of carbonyl (C=O) groups excluding carboxylic acids is 2. The van der Waals surface area contributed by atoms with Gasteiger partial charge in [-0.05, 0) is 24.3 Å². The first kappa shape index (κ1) is 16.5. The topological polar surface area (TPSA) is 71.5 Å². The standard InChI is InChI=1S/C19H17N3O3S/c1-25-14-6-4-5-13(10-14)22-11-12(9-17(22)23)18(24)21-19-20-15-7-2-3-8-16(15)26-19/h2-8,10,12H,9,11H2,1H3,(H,20,21,24)/t12-/m0/s1. The summed E-state index contributed by atoms with van der Waals surface area (Å²) in [5.74, 6) is 0.0314. The minimum Gasteiger partial charge on any atom is -0.497 e. The van der Waals surface area contributed by atoms with Crippen molar-refractivity contribution < 1.29 is 14.3 Å². The zero-order chi connectivity index (χ0) is 18.1. The summed E-state index contributed by atoms with van der Waals surface area (Å²) >= 11 is 1.43. The van der Waals surface area contributed by atoms with E-state index in [1.54, 1.807) is 18.1 Å². The lowest BCUT2D eigenvalue weighted by Gasteiger charge is -2.17. The molecular formula is C19H17N3O3S. The number of methoxy groups -OCH3 is 1. The van der Waals surface area contributed by atoms with Crippen LogP contribution >= 0.6 is 11.3 Å². The molecule has 0 saturated carbocycles. The van der Waals surface area contributed by atoms with Gasteiger partial charge in [0.25, 0.3) is 0 Å². The lowest BCUT2D eigenvalue weighted by atomic mass is 10.1. The summed E-state index contributed by atoms with van der Waals surface area (Å²) in [6.07, 6.45) is 0.188. The minimum absolute atomic E-state index is 0.0669. The third-order valence-corrected chi connectivity index (χ3v) is 5.34. The average molecular weight is 367 g/mol. The fraction of sp³-hybridized carbons (Fsp3) is 0.211. The molecule has 1 saturated heterocycles. The van der Waals surface area contributed by atoms with E-state index in [2.05, 4.69) is 10.3 Å². The fourth-order valence-corrected chi connectivity index (χ4v) is 3.91. The van der Waals surface area contributed by atoms with Crippen molar-refractivity contribution in [2.75, 3.05) is 23.9 Å². The monoisotopic (exact) mass is 367 g/mol. The number of para-hydroxylation sites is 1. The zero-order valence-electron chi connectivity index (χ0n) is 14.1. The van der Waals surface area contributed by atoms with E-state index in [0.29, 0.717) is 17.4 Å². The van der Waals surface area contributed by atoms with Crippen molar-refractivity contribution in [3.8, 4) is 5.75 Å². The molecule has 26 heavy (non-hydrogen) atoms. The molecule has 1 aliphatic rings. The summed E-state index contributed by atoms with van der Waals surface area (Å²) in [6, 6.07) is 15.0. The summed E-state index contributed by atoms with van der Waals surface area (Å²) in [7, 11) is 1.58. The van der Waals surface area contributed by atoms with Crippen molar-refractivity contribution in [2.24, 2.45) is 5.92 Å². The molecule has 7 heteroatoms. The Morgan fingerprint density at radius 2 is 2.12 bits per heavy atom. The summed E-state index contributed by atoms with van der Waals surface area (Å²) in [4.78, 5) is 31.0. The number of aromatic nitrogens is 1. The Hall–Kier alpha value is -2.93. The third kappa shape index (κ3) is 3.13. The van der Waals surface area contributed by atoms with Crippen LogP contribution < -0.4 is 15.0 Å². The Morgan fingerprint density at radius 1 is 1.27 bits per heavy atom. The van der Waals surface area contributed by atoms with Gasteiger partial charge in [-0.1, -0.05) is 29.5 Å². The highest BCUT2D eigenvalue weighted by Crippen LogP contribution is 2.30. The summed E-state index contributed by atoms with van der Waals surface area (Å²) in [5.41, 5.74) is 1.60. The molecular weight excluding hydrogens is 350 g/mol. The first-order valence-electron chi connectivity index (χ1n) is 8.25. The maximum Gasteiger partial charge on any atom is 0.231 e. The second kappa shape index (κ2) is 6.76. The second-order valence-electron chi connectivity index (χ2n) is 6.08. The van der Waals surface area contributed by atoms with Gasteiger partial charge in [0.2, 0.25) is 11.8 Å². The second-order valence-corrected chi connectivity index (χ2v) is 7.11.